The smallest absolute Gasteiger partial charge is 0.0611 e. The molecule has 2 heteroatoms. The molecule has 136 valence electrons. The highest BCUT2D eigenvalue weighted by Gasteiger charge is 2.35. The van der Waals surface area contributed by atoms with Crippen molar-refractivity contribution < 1.29 is 5.11 Å². The molecular weight excluding hydrogens is 294 g/mol. The fourth-order valence-corrected chi connectivity index (χ4v) is 4.05. The molecule has 1 aromatic rings. The molecule has 1 aliphatic rings. The molecule has 0 radical (unpaired) electrons. The van der Waals surface area contributed by atoms with Crippen LogP contribution < -0.4 is 5.73 Å². The van der Waals surface area contributed by atoms with E-state index in [1.807, 2.05) is 0 Å². The summed E-state index contributed by atoms with van der Waals surface area (Å²) in [6, 6.07) is 9.09. The van der Waals surface area contributed by atoms with Crippen LogP contribution in [0.1, 0.15) is 94.6 Å². The van der Waals surface area contributed by atoms with Gasteiger partial charge in [0.2, 0.25) is 0 Å². The first-order chi connectivity index (χ1) is 11.7. The Morgan fingerprint density at radius 1 is 1.08 bits per heavy atom. The quantitative estimate of drug-likeness (QED) is 0.539. The molecule has 1 aromatic carbocycles. The minimum absolute atomic E-state index is 0.113. The van der Waals surface area contributed by atoms with Crippen LogP contribution in [0.3, 0.4) is 0 Å². The largest absolute Gasteiger partial charge is 0.394 e. The van der Waals surface area contributed by atoms with Crippen LogP contribution in [0, 0.1) is 0 Å². The number of aliphatic hydroxyl groups excluding tert-OH is 1. The molecule has 2 atom stereocenters. The number of hydrogen-bond donors (Lipinski definition) is 2. The summed E-state index contributed by atoms with van der Waals surface area (Å²) in [7, 11) is 0. The van der Waals surface area contributed by atoms with Crippen molar-refractivity contribution >= 4 is 0 Å². The second-order valence-corrected chi connectivity index (χ2v) is 7.93. The molecule has 0 saturated heterocycles. The summed E-state index contributed by atoms with van der Waals surface area (Å²) < 4.78 is 0. The molecule has 0 amide bonds. The Morgan fingerprint density at radius 3 is 2.46 bits per heavy atom. The van der Waals surface area contributed by atoms with Crippen LogP contribution in [0.2, 0.25) is 0 Å². The number of unbranched alkanes of at least 4 members (excludes halogenated alkanes) is 7. The first-order valence-electron chi connectivity index (χ1n) is 10.2. The van der Waals surface area contributed by atoms with Gasteiger partial charge < -0.3 is 10.8 Å². The minimum Gasteiger partial charge on any atom is -0.394 e. The minimum atomic E-state index is -0.349. The summed E-state index contributed by atoms with van der Waals surface area (Å²) >= 11 is 0. The third-order valence-corrected chi connectivity index (χ3v) is 5.70. The molecule has 0 aliphatic heterocycles. The fraction of sp³-hybridized carbons (Fsp3) is 0.727. The fourth-order valence-electron chi connectivity index (χ4n) is 4.05. The average Bonchev–Trinajstić information content (AvgIpc) is 3.01. The molecule has 0 unspecified atom stereocenters. The van der Waals surface area contributed by atoms with Crippen LogP contribution in [0.25, 0.3) is 0 Å². The summed E-state index contributed by atoms with van der Waals surface area (Å²) in [5, 5.41) is 9.45. The number of hydrogen-bond acceptors (Lipinski definition) is 2. The molecule has 0 spiro atoms. The van der Waals surface area contributed by atoms with E-state index in [2.05, 4.69) is 31.2 Å². The molecular formula is C22H37NO. The van der Waals surface area contributed by atoms with Crippen LogP contribution in [-0.2, 0) is 6.42 Å². The molecule has 2 nitrogen and oxygen atoms in total. The molecule has 0 bridgehead atoms. The van der Waals surface area contributed by atoms with E-state index in [-0.39, 0.29) is 12.1 Å². The standard InChI is InChI=1S/C22H37NO/c1-2-3-4-5-6-7-8-9-11-19-12-10-13-20(16-19)21-14-15-22(23,17-21)18-24/h10,12-13,16,21,24H,2-9,11,14-15,17-18,23H2,1H3/t21-,22+/m0/s1. The summed E-state index contributed by atoms with van der Waals surface area (Å²) in [5.41, 5.74) is 8.78. The van der Waals surface area contributed by atoms with Gasteiger partial charge >= 0.3 is 0 Å². The van der Waals surface area contributed by atoms with Gasteiger partial charge in [-0.15, -0.1) is 0 Å². The Hall–Kier alpha value is -0.860. The van der Waals surface area contributed by atoms with Gasteiger partial charge in [-0.25, -0.2) is 0 Å². The van der Waals surface area contributed by atoms with E-state index in [1.54, 1.807) is 0 Å². The van der Waals surface area contributed by atoms with Crippen LogP contribution in [-0.4, -0.2) is 17.3 Å². The van der Waals surface area contributed by atoms with Crippen LogP contribution in [0.15, 0.2) is 24.3 Å². The lowest BCUT2D eigenvalue weighted by Crippen LogP contribution is -2.40. The number of nitrogens with two attached hydrogens (primary N) is 1. The van der Waals surface area contributed by atoms with Crippen molar-refractivity contribution in [3.05, 3.63) is 35.4 Å². The van der Waals surface area contributed by atoms with Crippen LogP contribution in [0.4, 0.5) is 0 Å². The Kier molecular flexibility index (Phi) is 8.28. The van der Waals surface area contributed by atoms with Gasteiger partial charge in [-0.1, -0.05) is 76.1 Å². The third kappa shape index (κ3) is 6.22. The first-order valence-corrected chi connectivity index (χ1v) is 10.2. The van der Waals surface area contributed by atoms with Gasteiger partial charge in [0.05, 0.1) is 6.61 Å². The van der Waals surface area contributed by atoms with Crippen molar-refractivity contribution in [3.8, 4) is 0 Å². The van der Waals surface area contributed by atoms with Gasteiger partial charge in [0.25, 0.3) is 0 Å². The lowest BCUT2D eigenvalue weighted by Gasteiger charge is -2.21. The first kappa shape index (κ1) is 19.5. The normalized spacial score (nSPS) is 23.7. The highest BCUT2D eigenvalue weighted by Crippen LogP contribution is 2.39. The zero-order valence-corrected chi connectivity index (χ0v) is 15.6. The predicted octanol–water partition coefficient (Wildman–Crippen LogP) is 5.33. The van der Waals surface area contributed by atoms with Gasteiger partial charge in [-0.2, -0.15) is 0 Å². The van der Waals surface area contributed by atoms with E-state index in [1.165, 1.54) is 68.9 Å². The zero-order chi connectivity index (χ0) is 17.3. The molecule has 1 aliphatic carbocycles. The van der Waals surface area contributed by atoms with Gasteiger partial charge in [0.15, 0.2) is 0 Å². The van der Waals surface area contributed by atoms with Crippen LogP contribution in [0.5, 0.6) is 0 Å². The number of aliphatic hydroxyl groups is 1. The summed E-state index contributed by atoms with van der Waals surface area (Å²) in [4.78, 5) is 0. The topological polar surface area (TPSA) is 46.2 Å². The van der Waals surface area contributed by atoms with E-state index < -0.39 is 0 Å². The van der Waals surface area contributed by atoms with Crippen molar-refractivity contribution in [2.24, 2.45) is 5.73 Å². The van der Waals surface area contributed by atoms with E-state index in [0.29, 0.717) is 5.92 Å². The van der Waals surface area contributed by atoms with E-state index in [9.17, 15) is 5.11 Å². The molecule has 0 heterocycles. The van der Waals surface area contributed by atoms with Gasteiger partial charge in [0, 0.05) is 5.54 Å². The van der Waals surface area contributed by atoms with E-state index >= 15 is 0 Å². The van der Waals surface area contributed by atoms with E-state index in [4.69, 9.17) is 5.73 Å². The maximum atomic E-state index is 9.45. The maximum Gasteiger partial charge on any atom is 0.0611 e. The zero-order valence-electron chi connectivity index (χ0n) is 15.6. The Balaban J connectivity index is 1.70. The Bertz CT molecular complexity index is 473. The van der Waals surface area contributed by atoms with Crippen molar-refractivity contribution in [1.29, 1.82) is 0 Å². The number of rotatable bonds is 11. The Morgan fingerprint density at radius 2 is 1.79 bits per heavy atom. The summed E-state index contributed by atoms with van der Waals surface area (Å²) in [5.74, 6) is 0.528. The predicted molar refractivity (Wildman–Crippen MR) is 103 cm³/mol. The highest BCUT2D eigenvalue weighted by molar-refractivity contribution is 5.28. The van der Waals surface area contributed by atoms with Gasteiger partial charge in [0.1, 0.15) is 0 Å². The van der Waals surface area contributed by atoms with Crippen LogP contribution >= 0.6 is 0 Å². The Labute approximate surface area is 148 Å². The molecule has 3 N–H and O–H groups in total. The van der Waals surface area contributed by atoms with Gasteiger partial charge in [-0.05, 0) is 49.1 Å². The number of benzene rings is 1. The summed E-state index contributed by atoms with van der Waals surface area (Å²) in [6.07, 6.45) is 15.2. The second-order valence-electron chi connectivity index (χ2n) is 7.93. The second kappa shape index (κ2) is 10.2. The monoisotopic (exact) mass is 331 g/mol. The summed E-state index contributed by atoms with van der Waals surface area (Å²) in [6.45, 7) is 2.39. The third-order valence-electron chi connectivity index (χ3n) is 5.70. The average molecular weight is 332 g/mol. The molecule has 1 fully saturated rings. The SMILES string of the molecule is CCCCCCCCCCc1cccc([C@H]2CC[C@](N)(CO)C2)c1. The van der Waals surface area contributed by atoms with Crippen molar-refractivity contribution in [2.45, 2.75) is 95.4 Å². The number of aryl methyl sites for hydroxylation is 1. The molecule has 24 heavy (non-hydrogen) atoms. The van der Waals surface area contributed by atoms with Crippen molar-refractivity contribution in [1.82, 2.24) is 0 Å². The lowest BCUT2D eigenvalue weighted by molar-refractivity contribution is 0.198. The lowest BCUT2D eigenvalue weighted by atomic mass is 9.92. The maximum absolute atomic E-state index is 9.45. The molecule has 0 aromatic heterocycles. The van der Waals surface area contributed by atoms with Crippen molar-refractivity contribution in [2.75, 3.05) is 6.61 Å². The van der Waals surface area contributed by atoms with E-state index in [0.717, 1.165) is 19.3 Å². The molecule has 2 rings (SSSR count). The van der Waals surface area contributed by atoms with Crippen molar-refractivity contribution in [3.63, 3.8) is 0 Å². The highest BCUT2D eigenvalue weighted by atomic mass is 16.3. The molecule has 1 saturated carbocycles. The van der Waals surface area contributed by atoms with Gasteiger partial charge in [-0.3, -0.25) is 0 Å².